The lowest BCUT2D eigenvalue weighted by molar-refractivity contribution is -0.385. The molecule has 0 radical (unpaired) electrons. The number of hydrogen-bond donors (Lipinski definition) is 1. The number of rotatable bonds is 5. The number of nitro groups is 1. The third-order valence-electron chi connectivity index (χ3n) is 2.21. The van der Waals surface area contributed by atoms with Crippen LogP contribution in [0.4, 0.5) is 15.8 Å². The van der Waals surface area contributed by atoms with E-state index in [1.54, 1.807) is 0 Å². The number of nitrogens with zero attached hydrogens (tertiary/aromatic N) is 1. The van der Waals surface area contributed by atoms with E-state index < -0.39 is 10.7 Å². The molecule has 0 aliphatic carbocycles. The summed E-state index contributed by atoms with van der Waals surface area (Å²) in [6, 6.07) is 3.08. The fourth-order valence-corrected chi connectivity index (χ4v) is 1.45. The molecule has 0 amide bonds. The summed E-state index contributed by atoms with van der Waals surface area (Å²) in [6.45, 7) is 1.97. The average molecular weight is 236 g/mol. The van der Waals surface area contributed by atoms with Crippen LogP contribution < -0.4 is 5.32 Å². The Kier molecular flexibility index (Phi) is 4.46. The standard InChI is InChI=1S/C12H13FN2O2/c1-3-5-10(4-2)14-11-6-9(13)7-12(8-11)15(16)17/h2,6-8,10,14H,3,5H2,1H3. The van der Waals surface area contributed by atoms with Gasteiger partial charge in [0.25, 0.3) is 5.69 Å². The second-order valence-electron chi connectivity index (χ2n) is 3.61. The van der Waals surface area contributed by atoms with Gasteiger partial charge in [-0.05, 0) is 12.5 Å². The van der Waals surface area contributed by atoms with Gasteiger partial charge in [-0.3, -0.25) is 10.1 Å². The predicted octanol–water partition coefficient (Wildman–Crippen LogP) is 2.95. The number of terminal acetylenes is 1. The Bertz CT molecular complexity index is 454. The lowest BCUT2D eigenvalue weighted by atomic mass is 10.1. The third-order valence-corrected chi connectivity index (χ3v) is 2.21. The number of halogens is 1. The maximum atomic E-state index is 13.1. The minimum atomic E-state index is -0.658. The lowest BCUT2D eigenvalue weighted by Crippen LogP contribution is -2.16. The van der Waals surface area contributed by atoms with E-state index in [0.29, 0.717) is 5.69 Å². The van der Waals surface area contributed by atoms with Gasteiger partial charge in [0.2, 0.25) is 0 Å². The molecule has 0 heterocycles. The zero-order valence-electron chi connectivity index (χ0n) is 9.44. The van der Waals surface area contributed by atoms with Gasteiger partial charge in [-0.2, -0.15) is 0 Å². The molecule has 90 valence electrons. The summed E-state index contributed by atoms with van der Waals surface area (Å²) in [5.41, 5.74) is 0.0351. The first-order valence-electron chi connectivity index (χ1n) is 5.24. The van der Waals surface area contributed by atoms with E-state index in [9.17, 15) is 14.5 Å². The Morgan fingerprint density at radius 3 is 2.82 bits per heavy atom. The molecule has 0 saturated carbocycles. The largest absolute Gasteiger partial charge is 0.371 e. The highest BCUT2D eigenvalue weighted by molar-refractivity contribution is 5.53. The maximum absolute atomic E-state index is 13.1. The van der Waals surface area contributed by atoms with Crippen LogP contribution in [0, 0.1) is 28.3 Å². The van der Waals surface area contributed by atoms with Crippen molar-refractivity contribution in [2.24, 2.45) is 0 Å². The van der Waals surface area contributed by atoms with Gasteiger partial charge in [-0.15, -0.1) is 6.42 Å². The maximum Gasteiger partial charge on any atom is 0.274 e. The molecule has 0 bridgehead atoms. The van der Waals surface area contributed by atoms with E-state index in [-0.39, 0.29) is 11.7 Å². The highest BCUT2D eigenvalue weighted by Gasteiger charge is 2.11. The summed E-state index contributed by atoms with van der Waals surface area (Å²) < 4.78 is 13.1. The summed E-state index contributed by atoms with van der Waals surface area (Å²) in [5.74, 6) is 1.86. The van der Waals surface area contributed by atoms with Crippen molar-refractivity contribution in [3.8, 4) is 12.3 Å². The van der Waals surface area contributed by atoms with Gasteiger partial charge in [0.05, 0.1) is 17.0 Å². The molecule has 1 N–H and O–H groups in total. The molecular formula is C12H13FN2O2. The van der Waals surface area contributed by atoms with Crippen LogP contribution in [0.5, 0.6) is 0 Å². The van der Waals surface area contributed by atoms with Crippen molar-refractivity contribution in [2.45, 2.75) is 25.8 Å². The molecule has 0 aliphatic heterocycles. The van der Waals surface area contributed by atoms with Crippen LogP contribution in [0.25, 0.3) is 0 Å². The van der Waals surface area contributed by atoms with E-state index >= 15 is 0 Å². The summed E-state index contributed by atoms with van der Waals surface area (Å²) in [7, 11) is 0. The second kappa shape index (κ2) is 5.85. The Balaban J connectivity index is 2.91. The summed E-state index contributed by atoms with van der Waals surface area (Å²) >= 11 is 0. The van der Waals surface area contributed by atoms with Gasteiger partial charge in [0, 0.05) is 11.8 Å². The van der Waals surface area contributed by atoms with Gasteiger partial charge in [-0.1, -0.05) is 19.3 Å². The SMILES string of the molecule is C#CC(CCC)Nc1cc(F)cc([N+](=O)[O-])c1. The number of anilines is 1. The van der Waals surface area contributed by atoms with Crippen LogP contribution in [0.15, 0.2) is 18.2 Å². The van der Waals surface area contributed by atoms with Crippen LogP contribution in [0.1, 0.15) is 19.8 Å². The topological polar surface area (TPSA) is 55.2 Å². The van der Waals surface area contributed by atoms with Crippen molar-refractivity contribution in [2.75, 3.05) is 5.32 Å². The molecule has 1 rings (SSSR count). The Labute approximate surface area is 99.0 Å². The molecule has 0 spiro atoms. The first-order valence-corrected chi connectivity index (χ1v) is 5.24. The van der Waals surface area contributed by atoms with Crippen molar-refractivity contribution < 1.29 is 9.31 Å². The zero-order chi connectivity index (χ0) is 12.8. The van der Waals surface area contributed by atoms with E-state index in [4.69, 9.17) is 6.42 Å². The first-order chi connectivity index (χ1) is 8.06. The molecule has 1 aromatic rings. The molecule has 1 unspecified atom stereocenters. The number of nitrogens with one attached hydrogen (secondary N) is 1. The van der Waals surface area contributed by atoms with E-state index in [0.717, 1.165) is 18.9 Å². The molecule has 0 aliphatic rings. The molecule has 0 saturated heterocycles. The number of nitro benzene ring substituents is 1. The van der Waals surface area contributed by atoms with E-state index in [1.807, 2.05) is 6.92 Å². The van der Waals surface area contributed by atoms with Crippen molar-refractivity contribution >= 4 is 11.4 Å². The molecule has 5 heteroatoms. The highest BCUT2D eigenvalue weighted by Crippen LogP contribution is 2.21. The molecule has 0 fully saturated rings. The Hall–Kier alpha value is -2.09. The monoisotopic (exact) mass is 236 g/mol. The summed E-state index contributed by atoms with van der Waals surface area (Å²) in [6.07, 6.45) is 6.90. The number of hydrogen-bond acceptors (Lipinski definition) is 3. The quantitative estimate of drug-likeness (QED) is 0.486. The third kappa shape index (κ3) is 3.76. The van der Waals surface area contributed by atoms with Crippen LogP contribution >= 0.6 is 0 Å². The number of benzene rings is 1. The van der Waals surface area contributed by atoms with Crippen LogP contribution in [-0.4, -0.2) is 11.0 Å². The van der Waals surface area contributed by atoms with Gasteiger partial charge in [0.1, 0.15) is 5.82 Å². The summed E-state index contributed by atoms with van der Waals surface area (Å²) in [5, 5.41) is 13.4. The lowest BCUT2D eigenvalue weighted by Gasteiger charge is -2.13. The van der Waals surface area contributed by atoms with Crippen molar-refractivity contribution in [1.82, 2.24) is 0 Å². The first kappa shape index (κ1) is 13.0. The fraction of sp³-hybridized carbons (Fsp3) is 0.333. The average Bonchev–Trinajstić information content (AvgIpc) is 2.27. The molecule has 0 aromatic heterocycles. The van der Waals surface area contributed by atoms with Crippen LogP contribution in [-0.2, 0) is 0 Å². The minimum Gasteiger partial charge on any atom is -0.371 e. The smallest absolute Gasteiger partial charge is 0.274 e. The van der Waals surface area contributed by atoms with Crippen molar-refractivity contribution in [3.63, 3.8) is 0 Å². The number of non-ortho nitro benzene ring substituents is 1. The summed E-state index contributed by atoms with van der Waals surface area (Å²) in [4.78, 5) is 9.92. The molecule has 4 nitrogen and oxygen atoms in total. The van der Waals surface area contributed by atoms with Crippen molar-refractivity contribution in [3.05, 3.63) is 34.1 Å². The highest BCUT2D eigenvalue weighted by atomic mass is 19.1. The second-order valence-corrected chi connectivity index (χ2v) is 3.61. The van der Waals surface area contributed by atoms with Gasteiger partial charge in [-0.25, -0.2) is 4.39 Å². The van der Waals surface area contributed by atoms with Crippen molar-refractivity contribution in [1.29, 1.82) is 0 Å². The molecule has 17 heavy (non-hydrogen) atoms. The molecule has 1 atom stereocenters. The van der Waals surface area contributed by atoms with Crippen LogP contribution in [0.3, 0.4) is 0 Å². The van der Waals surface area contributed by atoms with Gasteiger partial charge >= 0.3 is 0 Å². The predicted molar refractivity (Wildman–Crippen MR) is 64.2 cm³/mol. The van der Waals surface area contributed by atoms with E-state index in [1.165, 1.54) is 12.1 Å². The fourth-order valence-electron chi connectivity index (χ4n) is 1.45. The minimum absolute atomic E-state index is 0.249. The van der Waals surface area contributed by atoms with Gasteiger partial charge in [0.15, 0.2) is 0 Å². The molecule has 1 aromatic carbocycles. The Morgan fingerprint density at radius 2 is 2.29 bits per heavy atom. The Morgan fingerprint density at radius 1 is 1.59 bits per heavy atom. The van der Waals surface area contributed by atoms with E-state index in [2.05, 4.69) is 11.2 Å². The van der Waals surface area contributed by atoms with Gasteiger partial charge < -0.3 is 5.32 Å². The zero-order valence-corrected chi connectivity index (χ0v) is 9.44. The van der Waals surface area contributed by atoms with Crippen LogP contribution in [0.2, 0.25) is 0 Å². The normalized spacial score (nSPS) is 11.6. The molecular weight excluding hydrogens is 223 g/mol.